The molecular formula is C19H19ClFN5O5S2. The molecule has 14 heteroatoms. The van der Waals surface area contributed by atoms with E-state index in [2.05, 4.69) is 4.98 Å². The highest BCUT2D eigenvalue weighted by Crippen LogP contribution is 2.36. The minimum Gasteiger partial charge on any atom is -0.368 e. The highest BCUT2D eigenvalue weighted by atomic mass is 35.5. The Morgan fingerprint density at radius 3 is 2.67 bits per heavy atom. The van der Waals surface area contributed by atoms with Crippen LogP contribution in [0.5, 0.6) is 0 Å². The van der Waals surface area contributed by atoms with E-state index in [-0.39, 0.29) is 37.6 Å². The van der Waals surface area contributed by atoms with Crippen LogP contribution in [0.4, 0.5) is 10.1 Å². The number of halogens is 2. The van der Waals surface area contributed by atoms with Crippen LogP contribution in [0.3, 0.4) is 0 Å². The third-order valence-electron chi connectivity index (χ3n) is 5.31. The first kappa shape index (κ1) is 23.5. The zero-order valence-corrected chi connectivity index (χ0v) is 19.7. The third-order valence-corrected chi connectivity index (χ3v) is 8.27. The number of fused-ring (bicyclic) bond motifs is 1. The van der Waals surface area contributed by atoms with Crippen molar-refractivity contribution in [2.75, 3.05) is 11.4 Å². The number of benzene rings is 1. The lowest BCUT2D eigenvalue weighted by Crippen LogP contribution is -2.54. The predicted octanol–water partition coefficient (Wildman–Crippen LogP) is 1.05. The van der Waals surface area contributed by atoms with Crippen LogP contribution in [-0.4, -0.2) is 48.6 Å². The maximum Gasteiger partial charge on any atom is 0.251 e. The number of rotatable bonds is 6. The molecule has 2 aliphatic heterocycles. The molecule has 0 bridgehead atoms. The molecule has 33 heavy (non-hydrogen) atoms. The lowest BCUT2D eigenvalue weighted by molar-refractivity contribution is -0.138. The monoisotopic (exact) mass is 515 g/mol. The molecule has 3 N–H and O–H groups in total. The van der Waals surface area contributed by atoms with Gasteiger partial charge < -0.3 is 15.5 Å². The van der Waals surface area contributed by atoms with Crippen LogP contribution < -0.4 is 15.4 Å². The van der Waals surface area contributed by atoms with Gasteiger partial charge in [-0.2, -0.15) is 4.72 Å². The lowest BCUT2D eigenvalue weighted by Gasteiger charge is -2.23. The van der Waals surface area contributed by atoms with Gasteiger partial charge in [-0.25, -0.2) is 17.8 Å². The van der Waals surface area contributed by atoms with Gasteiger partial charge in [0, 0.05) is 17.8 Å². The predicted molar refractivity (Wildman–Crippen MR) is 117 cm³/mol. The van der Waals surface area contributed by atoms with Gasteiger partial charge in [0.25, 0.3) is 5.91 Å². The van der Waals surface area contributed by atoms with E-state index in [4.69, 9.17) is 17.3 Å². The average molecular weight is 516 g/mol. The van der Waals surface area contributed by atoms with Crippen LogP contribution in [-0.2, 0) is 37.5 Å². The van der Waals surface area contributed by atoms with Crippen molar-refractivity contribution in [3.8, 4) is 0 Å². The van der Waals surface area contributed by atoms with E-state index < -0.39 is 43.6 Å². The molecule has 2 aromatic rings. The molecule has 3 heterocycles. The molecule has 2 aliphatic rings. The van der Waals surface area contributed by atoms with Crippen LogP contribution in [0.25, 0.3) is 0 Å². The van der Waals surface area contributed by atoms with Crippen molar-refractivity contribution in [2.45, 2.75) is 43.8 Å². The molecule has 1 fully saturated rings. The number of aromatic nitrogens is 1. The standard InChI is InChI=1S/C19H19ClFN5O5S2/c1-9-23-11-7-25(8-13(11)32-9)19(29)17(18(22)28)24-33(30,31)14-6-10(21)5-12(16(14)20)26-4-2-3-15(26)27/h5-6,17,24H,2-4,7-8H2,1H3,(H2,22,28)/t17-/m0/s1. The highest BCUT2D eigenvalue weighted by molar-refractivity contribution is 7.89. The summed E-state index contributed by atoms with van der Waals surface area (Å²) in [5.41, 5.74) is 5.89. The number of nitrogens with zero attached hydrogens (tertiary/aromatic N) is 3. The van der Waals surface area contributed by atoms with E-state index >= 15 is 0 Å². The summed E-state index contributed by atoms with van der Waals surface area (Å²) in [6.07, 6.45) is 0.737. The minimum atomic E-state index is -4.68. The molecule has 1 saturated heterocycles. The summed E-state index contributed by atoms with van der Waals surface area (Å²) in [4.78, 5) is 43.9. The normalized spacial score (nSPS) is 16.9. The number of carbonyl (C=O) groups excluding carboxylic acids is 3. The van der Waals surface area contributed by atoms with Crippen LogP contribution >= 0.6 is 22.9 Å². The Balaban J connectivity index is 1.62. The van der Waals surface area contributed by atoms with Crippen molar-refractivity contribution < 1.29 is 27.2 Å². The number of sulfonamides is 1. The quantitative estimate of drug-likeness (QED) is 0.550. The fourth-order valence-corrected chi connectivity index (χ4v) is 6.54. The molecule has 3 amide bonds. The van der Waals surface area contributed by atoms with E-state index in [1.54, 1.807) is 0 Å². The fourth-order valence-electron chi connectivity index (χ4n) is 3.80. The molecule has 0 spiro atoms. The molecule has 0 radical (unpaired) electrons. The summed E-state index contributed by atoms with van der Waals surface area (Å²) in [6.45, 7) is 2.34. The molecule has 0 aliphatic carbocycles. The van der Waals surface area contributed by atoms with Crippen molar-refractivity contribution in [3.05, 3.63) is 38.6 Å². The van der Waals surface area contributed by atoms with Crippen molar-refractivity contribution in [1.82, 2.24) is 14.6 Å². The zero-order chi connectivity index (χ0) is 24.1. The maximum absolute atomic E-state index is 14.3. The second-order valence-electron chi connectivity index (χ2n) is 7.64. The summed E-state index contributed by atoms with van der Waals surface area (Å²) < 4.78 is 42.3. The van der Waals surface area contributed by atoms with E-state index in [0.29, 0.717) is 18.2 Å². The van der Waals surface area contributed by atoms with E-state index in [9.17, 15) is 27.2 Å². The van der Waals surface area contributed by atoms with Crippen molar-refractivity contribution >= 4 is 56.4 Å². The number of nitrogens with one attached hydrogen (secondary N) is 1. The molecule has 1 aromatic carbocycles. The van der Waals surface area contributed by atoms with Gasteiger partial charge in [-0.15, -0.1) is 11.3 Å². The van der Waals surface area contributed by atoms with Gasteiger partial charge >= 0.3 is 0 Å². The molecule has 10 nitrogen and oxygen atoms in total. The van der Waals surface area contributed by atoms with Gasteiger partial charge in [-0.1, -0.05) is 11.6 Å². The Bertz CT molecular complexity index is 1260. The van der Waals surface area contributed by atoms with E-state index in [0.717, 1.165) is 16.0 Å². The first-order valence-corrected chi connectivity index (χ1v) is 12.5. The summed E-state index contributed by atoms with van der Waals surface area (Å²) >= 11 is 7.64. The number of nitrogens with two attached hydrogens (primary N) is 1. The number of primary amides is 1. The summed E-state index contributed by atoms with van der Waals surface area (Å²) in [5, 5.41) is 0.421. The Hall–Kier alpha value is -2.61. The lowest BCUT2D eigenvalue weighted by atomic mass is 10.2. The fraction of sp³-hybridized carbons (Fsp3) is 0.368. The Morgan fingerprint density at radius 1 is 1.33 bits per heavy atom. The third kappa shape index (κ3) is 4.45. The highest BCUT2D eigenvalue weighted by Gasteiger charge is 2.38. The first-order chi connectivity index (χ1) is 15.5. The van der Waals surface area contributed by atoms with Crippen molar-refractivity contribution in [2.24, 2.45) is 5.73 Å². The molecule has 0 unspecified atom stereocenters. The molecule has 4 rings (SSSR count). The van der Waals surface area contributed by atoms with Crippen LogP contribution in [0, 0.1) is 12.7 Å². The second kappa shape index (κ2) is 8.63. The van der Waals surface area contributed by atoms with Crippen LogP contribution in [0.1, 0.15) is 28.4 Å². The summed E-state index contributed by atoms with van der Waals surface area (Å²) in [7, 11) is -4.68. The van der Waals surface area contributed by atoms with Gasteiger partial charge in [0.15, 0.2) is 6.04 Å². The zero-order valence-electron chi connectivity index (χ0n) is 17.3. The van der Waals surface area contributed by atoms with Gasteiger partial charge in [0.05, 0.1) is 34.5 Å². The number of hydrogen-bond acceptors (Lipinski definition) is 7. The number of amides is 3. The first-order valence-electron chi connectivity index (χ1n) is 9.83. The van der Waals surface area contributed by atoms with Crippen molar-refractivity contribution in [1.29, 1.82) is 0 Å². The summed E-state index contributed by atoms with van der Waals surface area (Å²) in [5.74, 6) is -3.38. The molecule has 176 valence electrons. The van der Waals surface area contributed by atoms with Gasteiger partial charge in [-0.3, -0.25) is 14.4 Å². The van der Waals surface area contributed by atoms with Crippen LogP contribution in [0.15, 0.2) is 17.0 Å². The second-order valence-corrected chi connectivity index (χ2v) is 11.0. The Labute approximate surface area is 197 Å². The molecule has 1 aromatic heterocycles. The SMILES string of the molecule is Cc1nc2c(s1)CN(C(=O)[C@@H](NS(=O)(=O)c1cc(F)cc(N3CCCC3=O)c1Cl)C(N)=O)C2. The number of aryl methyl sites for hydroxylation is 1. The van der Waals surface area contributed by atoms with Gasteiger partial charge in [0.2, 0.25) is 21.8 Å². The van der Waals surface area contributed by atoms with Gasteiger partial charge in [-0.05, 0) is 25.5 Å². The van der Waals surface area contributed by atoms with Gasteiger partial charge in [0.1, 0.15) is 10.7 Å². The van der Waals surface area contributed by atoms with Crippen LogP contribution in [0.2, 0.25) is 5.02 Å². The number of hydrogen-bond donors (Lipinski definition) is 2. The number of thiazole rings is 1. The molecular weight excluding hydrogens is 497 g/mol. The number of anilines is 1. The van der Waals surface area contributed by atoms with Crippen molar-refractivity contribution in [3.63, 3.8) is 0 Å². The largest absolute Gasteiger partial charge is 0.368 e. The Morgan fingerprint density at radius 2 is 2.06 bits per heavy atom. The smallest absolute Gasteiger partial charge is 0.251 e. The minimum absolute atomic E-state index is 0.103. The average Bonchev–Trinajstić information content (AvgIpc) is 3.41. The molecule has 1 atom stereocenters. The number of carbonyl (C=O) groups is 3. The summed E-state index contributed by atoms with van der Waals surface area (Å²) in [6, 6.07) is -0.336. The Kier molecular flexibility index (Phi) is 6.16. The molecule has 0 saturated carbocycles. The van der Waals surface area contributed by atoms with E-state index in [1.807, 2.05) is 11.6 Å². The topological polar surface area (TPSA) is 143 Å². The maximum atomic E-state index is 14.3. The van der Waals surface area contributed by atoms with E-state index in [1.165, 1.54) is 21.1 Å².